The molecule has 2 aromatic carbocycles. The number of nitrogens with one attached hydrogen (secondary N) is 1. The zero-order chi connectivity index (χ0) is 31.3. The zero-order valence-corrected chi connectivity index (χ0v) is 26.1. The number of carbonyl (C=O) groups excluding carboxylic acids is 2. The summed E-state index contributed by atoms with van der Waals surface area (Å²) in [5.41, 5.74) is 3.08. The first kappa shape index (κ1) is 29.4. The Bertz CT molecular complexity index is 1680. The minimum Gasteiger partial charge on any atom is -0.451 e. The Hall–Kier alpha value is -4.27. The monoisotopic (exact) mass is 605 g/mol. The van der Waals surface area contributed by atoms with E-state index in [0.29, 0.717) is 30.2 Å². The summed E-state index contributed by atoms with van der Waals surface area (Å²) in [4.78, 5) is 35.1. The van der Waals surface area contributed by atoms with E-state index in [4.69, 9.17) is 13.9 Å². The van der Waals surface area contributed by atoms with Gasteiger partial charge in [0.05, 0.1) is 13.2 Å². The molecule has 3 fully saturated rings. The number of nitrogens with zero attached hydrogens (tertiary/aromatic N) is 2. The number of amides is 2. The van der Waals surface area contributed by atoms with E-state index < -0.39 is 17.7 Å². The van der Waals surface area contributed by atoms with Crippen molar-refractivity contribution in [1.29, 1.82) is 0 Å². The number of carbonyl (C=O) groups is 2. The van der Waals surface area contributed by atoms with Gasteiger partial charge in [0.25, 0.3) is 5.91 Å². The molecule has 45 heavy (non-hydrogen) atoms. The topological polar surface area (TPSA) is 93.9 Å². The second kappa shape index (κ2) is 11.3. The lowest BCUT2D eigenvalue weighted by Crippen LogP contribution is -2.50. The van der Waals surface area contributed by atoms with E-state index in [9.17, 15) is 9.59 Å². The predicted octanol–water partition coefficient (Wildman–Crippen LogP) is 6.54. The lowest BCUT2D eigenvalue weighted by Gasteiger charge is -2.36. The highest BCUT2D eigenvalue weighted by atomic mass is 16.7. The van der Waals surface area contributed by atoms with Crippen LogP contribution in [0.25, 0.3) is 11.3 Å². The van der Waals surface area contributed by atoms with Crippen molar-refractivity contribution >= 4 is 17.5 Å². The number of hydrogen-bond acceptors (Lipinski definition) is 6. The normalized spacial score (nSPS) is 26.0. The highest BCUT2D eigenvalue weighted by molar-refractivity contribution is 6.09. The van der Waals surface area contributed by atoms with Crippen molar-refractivity contribution in [3.63, 3.8) is 0 Å². The molecule has 8 nitrogen and oxygen atoms in total. The van der Waals surface area contributed by atoms with Crippen LogP contribution in [0.2, 0.25) is 0 Å². The third-order valence-corrected chi connectivity index (χ3v) is 9.78. The first-order valence-electron chi connectivity index (χ1n) is 15.7. The Labute approximate surface area is 263 Å². The molecular formula is C37H39N3O5. The molecule has 2 amide bonds. The van der Waals surface area contributed by atoms with Gasteiger partial charge in [0.2, 0.25) is 5.91 Å². The summed E-state index contributed by atoms with van der Waals surface area (Å²) in [7, 11) is 0. The van der Waals surface area contributed by atoms with Gasteiger partial charge in [0.1, 0.15) is 11.8 Å². The molecule has 4 unspecified atom stereocenters. The molecule has 4 heterocycles. The third kappa shape index (κ3) is 5.36. The van der Waals surface area contributed by atoms with Gasteiger partial charge in [-0.2, -0.15) is 0 Å². The first-order valence-corrected chi connectivity index (χ1v) is 15.7. The number of anilines is 1. The van der Waals surface area contributed by atoms with Crippen LogP contribution in [0.5, 0.6) is 0 Å². The minimum absolute atomic E-state index is 0.0840. The van der Waals surface area contributed by atoms with Crippen molar-refractivity contribution in [3.05, 3.63) is 108 Å². The minimum atomic E-state index is -1.01. The molecular weight excluding hydrogens is 566 g/mol. The summed E-state index contributed by atoms with van der Waals surface area (Å²) >= 11 is 0. The van der Waals surface area contributed by atoms with E-state index in [2.05, 4.69) is 31.1 Å². The second-order valence-electron chi connectivity index (χ2n) is 13.6. The maximum absolute atomic E-state index is 14.6. The van der Waals surface area contributed by atoms with Gasteiger partial charge in [-0.1, -0.05) is 69.3 Å². The number of aromatic nitrogens is 1. The number of benzene rings is 2. The van der Waals surface area contributed by atoms with E-state index in [0.717, 1.165) is 17.5 Å². The third-order valence-electron chi connectivity index (χ3n) is 9.78. The molecule has 1 N–H and O–H groups in total. The van der Waals surface area contributed by atoms with Crippen LogP contribution in [0, 0.1) is 17.8 Å². The summed E-state index contributed by atoms with van der Waals surface area (Å²) in [6, 6.07) is 23.4. The average Bonchev–Trinajstić information content (AvgIpc) is 3.75. The molecule has 1 aliphatic carbocycles. The van der Waals surface area contributed by atoms with Gasteiger partial charge in [-0.25, -0.2) is 0 Å². The van der Waals surface area contributed by atoms with Gasteiger partial charge in [0.15, 0.2) is 11.5 Å². The van der Waals surface area contributed by atoms with Crippen molar-refractivity contribution in [1.82, 2.24) is 10.3 Å². The van der Waals surface area contributed by atoms with Crippen LogP contribution in [0.1, 0.15) is 61.8 Å². The fourth-order valence-electron chi connectivity index (χ4n) is 7.29. The Kier molecular flexibility index (Phi) is 7.37. The summed E-state index contributed by atoms with van der Waals surface area (Å²) < 4.78 is 18.4. The molecule has 2 saturated heterocycles. The molecule has 232 valence electrons. The molecule has 0 radical (unpaired) electrons. The van der Waals surface area contributed by atoms with Gasteiger partial charge in [0, 0.05) is 53.0 Å². The van der Waals surface area contributed by atoms with Crippen molar-refractivity contribution in [2.75, 3.05) is 18.1 Å². The summed E-state index contributed by atoms with van der Waals surface area (Å²) in [5.74, 6) is -0.0326. The number of pyridine rings is 1. The molecule has 7 rings (SSSR count). The van der Waals surface area contributed by atoms with E-state index in [1.807, 2.05) is 67.6 Å². The number of hydrogen-bond donors (Lipinski definition) is 1. The fraction of sp³-hybridized carbons (Fsp3) is 0.378. The van der Waals surface area contributed by atoms with Crippen LogP contribution < -0.4 is 10.2 Å². The zero-order valence-electron chi connectivity index (χ0n) is 26.1. The standard InChI is InChI=1S/C37H39N3O5/c1-36(2,3)26-12-14-27(15-13-26)40(35(42)31-17-16-30(45-31)23-9-6-5-7-10-23)33(24-11-8-18-38-20-24)34(41)39-32-25-19-29-28(32)22-44-37(29,4)43-21-25/h5-18,20,25,28-29,32-33H,19,21-22H2,1-4H3,(H,39,41)/t25?,28?,29?,32-,33?,37-/m0/s1. The van der Waals surface area contributed by atoms with E-state index in [1.54, 1.807) is 35.5 Å². The Morgan fingerprint density at radius 1 is 0.956 bits per heavy atom. The Balaban J connectivity index is 1.29. The second-order valence-corrected chi connectivity index (χ2v) is 13.6. The summed E-state index contributed by atoms with van der Waals surface area (Å²) in [6.45, 7) is 9.49. The molecule has 8 heteroatoms. The van der Waals surface area contributed by atoms with Crippen LogP contribution >= 0.6 is 0 Å². The van der Waals surface area contributed by atoms with Crippen LogP contribution in [0.4, 0.5) is 5.69 Å². The van der Waals surface area contributed by atoms with Crippen LogP contribution in [-0.4, -0.2) is 41.8 Å². The van der Waals surface area contributed by atoms with Gasteiger partial charge in [-0.3, -0.25) is 19.5 Å². The average molecular weight is 606 g/mol. The van der Waals surface area contributed by atoms with Crippen molar-refractivity contribution < 1.29 is 23.5 Å². The SMILES string of the molecule is CC(C)(C)c1ccc(N(C(=O)c2ccc(-c3ccccc3)o2)C(C(=O)N[C@H]2C3CO[C@@]4(C)OCC2C4C3)c2cccnc2)cc1. The van der Waals surface area contributed by atoms with Gasteiger partial charge in [-0.05, 0) is 54.7 Å². The van der Waals surface area contributed by atoms with Crippen LogP contribution in [0.3, 0.4) is 0 Å². The number of ether oxygens (including phenoxy) is 2. The van der Waals surface area contributed by atoms with Gasteiger partial charge >= 0.3 is 0 Å². The number of furan rings is 1. The summed E-state index contributed by atoms with van der Waals surface area (Å²) in [5, 5.41) is 3.37. The molecule has 2 bridgehead atoms. The van der Waals surface area contributed by atoms with E-state index in [-0.39, 0.29) is 40.9 Å². The van der Waals surface area contributed by atoms with E-state index >= 15 is 0 Å². The van der Waals surface area contributed by atoms with Gasteiger partial charge in [-0.15, -0.1) is 0 Å². The lowest BCUT2D eigenvalue weighted by atomic mass is 9.87. The smallest absolute Gasteiger partial charge is 0.295 e. The first-order chi connectivity index (χ1) is 21.6. The number of fused-ring (bicyclic) bond motifs is 1. The fourth-order valence-corrected chi connectivity index (χ4v) is 7.29. The highest BCUT2D eigenvalue weighted by Crippen LogP contribution is 2.53. The Morgan fingerprint density at radius 2 is 1.71 bits per heavy atom. The molecule has 2 aliphatic heterocycles. The Morgan fingerprint density at radius 3 is 2.42 bits per heavy atom. The predicted molar refractivity (Wildman–Crippen MR) is 170 cm³/mol. The molecule has 4 aromatic rings. The van der Waals surface area contributed by atoms with Crippen molar-refractivity contribution in [3.8, 4) is 11.3 Å². The van der Waals surface area contributed by atoms with Crippen molar-refractivity contribution in [2.24, 2.45) is 17.8 Å². The lowest BCUT2D eigenvalue weighted by molar-refractivity contribution is -0.243. The van der Waals surface area contributed by atoms with Crippen LogP contribution in [-0.2, 0) is 19.7 Å². The quantitative estimate of drug-likeness (QED) is 0.257. The van der Waals surface area contributed by atoms with Crippen LogP contribution in [0.15, 0.2) is 95.7 Å². The van der Waals surface area contributed by atoms with Crippen molar-refractivity contribution in [2.45, 2.75) is 57.4 Å². The maximum Gasteiger partial charge on any atom is 0.295 e. The number of rotatable bonds is 7. The maximum atomic E-state index is 14.6. The molecule has 0 spiro atoms. The molecule has 1 saturated carbocycles. The van der Waals surface area contributed by atoms with E-state index in [1.165, 1.54) is 0 Å². The highest BCUT2D eigenvalue weighted by Gasteiger charge is 2.61. The molecule has 6 atom stereocenters. The van der Waals surface area contributed by atoms with Gasteiger partial charge < -0.3 is 19.2 Å². The summed E-state index contributed by atoms with van der Waals surface area (Å²) in [6.07, 6.45) is 4.25. The largest absolute Gasteiger partial charge is 0.451 e. The molecule has 2 aromatic heterocycles. The molecule has 3 aliphatic rings.